The zero-order chi connectivity index (χ0) is 9.61. The van der Waals surface area contributed by atoms with Crippen molar-refractivity contribution in [3.63, 3.8) is 0 Å². The first-order valence-electron chi connectivity index (χ1n) is 2.98. The van der Waals surface area contributed by atoms with Gasteiger partial charge in [-0.3, -0.25) is 0 Å². The summed E-state index contributed by atoms with van der Waals surface area (Å²) in [6.45, 7) is 0. The highest BCUT2D eigenvalue weighted by Crippen LogP contribution is 2.25. The standard InChI is InChI=1S/C6H7N.H3O4P.H2S/c7-6-4-2-1-3-5-6;1-5(2,3)4;/h1-5H,7H2;(H3,1,2,3,4);1H2. The summed E-state index contributed by atoms with van der Waals surface area (Å²) >= 11 is 0. The lowest BCUT2D eigenvalue weighted by Gasteiger charge is -1.83. The summed E-state index contributed by atoms with van der Waals surface area (Å²) in [5.41, 5.74) is 6.18. The zero-order valence-corrected chi connectivity index (χ0v) is 8.56. The van der Waals surface area contributed by atoms with Gasteiger partial charge in [0.25, 0.3) is 0 Å². The third-order valence-corrected chi connectivity index (χ3v) is 0.800. The van der Waals surface area contributed by atoms with Crippen LogP contribution in [0.15, 0.2) is 30.3 Å². The molecule has 5 nitrogen and oxygen atoms in total. The molecule has 0 atom stereocenters. The fraction of sp³-hybridized carbons (Fsp3) is 0. The molecule has 0 aliphatic rings. The molecule has 1 aromatic carbocycles. The quantitative estimate of drug-likeness (QED) is 0.379. The summed E-state index contributed by atoms with van der Waals surface area (Å²) in [5, 5.41) is 0. The molecule has 0 spiro atoms. The molecule has 0 amide bonds. The SMILES string of the molecule is Nc1ccccc1.O=P(O)(O)O.S. The van der Waals surface area contributed by atoms with Crippen molar-refractivity contribution in [3.05, 3.63) is 30.3 Å². The number of hydrogen-bond acceptors (Lipinski definition) is 2. The number of hydrogen-bond donors (Lipinski definition) is 4. The van der Waals surface area contributed by atoms with E-state index in [2.05, 4.69) is 0 Å². The molecule has 0 saturated carbocycles. The number of para-hydroxylation sites is 1. The average molecular weight is 225 g/mol. The van der Waals surface area contributed by atoms with E-state index in [1.165, 1.54) is 0 Å². The van der Waals surface area contributed by atoms with E-state index < -0.39 is 7.82 Å². The summed E-state index contributed by atoms with van der Waals surface area (Å²) in [6, 6.07) is 9.49. The summed E-state index contributed by atoms with van der Waals surface area (Å²) in [7, 11) is -4.64. The number of rotatable bonds is 0. The van der Waals surface area contributed by atoms with Crippen LogP contribution in [0.4, 0.5) is 5.69 Å². The molecule has 0 heterocycles. The fourth-order valence-electron chi connectivity index (χ4n) is 0.453. The van der Waals surface area contributed by atoms with E-state index in [0.717, 1.165) is 5.69 Å². The van der Waals surface area contributed by atoms with E-state index in [4.69, 9.17) is 25.0 Å². The van der Waals surface area contributed by atoms with Gasteiger partial charge in [0, 0.05) is 5.69 Å². The number of phosphoric acid groups is 1. The third-order valence-electron chi connectivity index (χ3n) is 0.800. The van der Waals surface area contributed by atoms with Crippen LogP contribution >= 0.6 is 21.3 Å². The molecule has 0 fully saturated rings. The van der Waals surface area contributed by atoms with Gasteiger partial charge in [0.05, 0.1) is 0 Å². The lowest BCUT2D eigenvalue weighted by molar-refractivity contribution is 0.275. The molecule has 1 aromatic rings. The Kier molecular flexibility index (Phi) is 7.99. The first-order valence-corrected chi connectivity index (χ1v) is 4.55. The van der Waals surface area contributed by atoms with Crippen molar-refractivity contribution < 1.29 is 19.2 Å². The van der Waals surface area contributed by atoms with Gasteiger partial charge in [0.1, 0.15) is 0 Å². The Bertz CT molecular complexity index is 254. The molecule has 0 bridgehead atoms. The van der Waals surface area contributed by atoms with Crippen LogP contribution < -0.4 is 5.73 Å². The molecule has 0 radical (unpaired) electrons. The molecule has 0 aliphatic carbocycles. The van der Waals surface area contributed by atoms with Gasteiger partial charge in [-0.1, -0.05) is 18.2 Å². The molecule has 1 rings (SSSR count). The van der Waals surface area contributed by atoms with Gasteiger partial charge in [-0.2, -0.15) is 13.5 Å². The lowest BCUT2D eigenvalue weighted by atomic mass is 10.3. The van der Waals surface area contributed by atoms with Crippen molar-refractivity contribution in [2.45, 2.75) is 0 Å². The van der Waals surface area contributed by atoms with Crippen molar-refractivity contribution in [1.82, 2.24) is 0 Å². The van der Waals surface area contributed by atoms with E-state index in [9.17, 15) is 0 Å². The van der Waals surface area contributed by atoms with Crippen molar-refractivity contribution in [2.24, 2.45) is 0 Å². The van der Waals surface area contributed by atoms with Crippen molar-refractivity contribution in [1.29, 1.82) is 0 Å². The fourth-order valence-corrected chi connectivity index (χ4v) is 0.453. The first kappa shape index (κ1) is 15.0. The Labute approximate surface area is 82.9 Å². The van der Waals surface area contributed by atoms with E-state index in [1.807, 2.05) is 30.3 Å². The second kappa shape index (κ2) is 6.94. The molecule has 0 unspecified atom stereocenters. The predicted octanol–water partition coefficient (Wildman–Crippen LogP) is 0.453. The third kappa shape index (κ3) is 18.4. The van der Waals surface area contributed by atoms with Gasteiger partial charge >= 0.3 is 7.82 Å². The second-order valence-corrected chi connectivity index (χ2v) is 2.95. The lowest BCUT2D eigenvalue weighted by Crippen LogP contribution is -1.79. The highest BCUT2D eigenvalue weighted by Gasteiger charge is 2.00. The van der Waals surface area contributed by atoms with Gasteiger partial charge in [-0.05, 0) is 12.1 Å². The molecular formula is C6H12NO4PS. The average Bonchev–Trinajstić information content (AvgIpc) is 1.85. The Morgan fingerprint density at radius 1 is 1.08 bits per heavy atom. The summed E-state index contributed by atoms with van der Waals surface area (Å²) < 4.78 is 8.88. The van der Waals surface area contributed by atoms with Crippen molar-refractivity contribution >= 4 is 27.0 Å². The van der Waals surface area contributed by atoms with Crippen LogP contribution in [-0.2, 0) is 4.57 Å². The summed E-state index contributed by atoms with van der Waals surface area (Å²) in [6.07, 6.45) is 0. The minimum Gasteiger partial charge on any atom is -0.399 e. The van der Waals surface area contributed by atoms with Gasteiger partial charge in [0.15, 0.2) is 0 Å². The van der Waals surface area contributed by atoms with E-state index >= 15 is 0 Å². The molecule has 0 aliphatic heterocycles. The minimum atomic E-state index is -4.64. The molecule has 0 saturated heterocycles. The Morgan fingerprint density at radius 2 is 1.38 bits per heavy atom. The highest BCUT2D eigenvalue weighted by atomic mass is 32.1. The van der Waals surface area contributed by atoms with Crippen LogP contribution in [0.3, 0.4) is 0 Å². The van der Waals surface area contributed by atoms with Crippen LogP contribution in [0.2, 0.25) is 0 Å². The maximum atomic E-state index is 8.88. The first-order chi connectivity index (χ1) is 5.39. The van der Waals surface area contributed by atoms with Gasteiger partial charge in [-0.15, -0.1) is 0 Å². The van der Waals surface area contributed by atoms with Crippen molar-refractivity contribution in [3.8, 4) is 0 Å². The maximum Gasteiger partial charge on any atom is 0.466 e. The van der Waals surface area contributed by atoms with E-state index in [0.29, 0.717) is 0 Å². The van der Waals surface area contributed by atoms with Crippen LogP contribution in [0, 0.1) is 0 Å². The number of benzene rings is 1. The maximum absolute atomic E-state index is 8.88. The Hall–Kier alpha value is -0.520. The molecule has 76 valence electrons. The highest BCUT2D eigenvalue weighted by molar-refractivity contribution is 7.59. The normalized spacial score (nSPS) is 9.15. The molecule has 0 aromatic heterocycles. The van der Waals surface area contributed by atoms with E-state index in [-0.39, 0.29) is 13.5 Å². The van der Waals surface area contributed by atoms with Crippen molar-refractivity contribution in [2.75, 3.05) is 5.73 Å². The number of nitrogen functional groups attached to an aromatic ring is 1. The zero-order valence-electron chi connectivity index (χ0n) is 6.66. The Balaban J connectivity index is 0. The second-order valence-electron chi connectivity index (χ2n) is 1.92. The van der Waals surface area contributed by atoms with Crippen LogP contribution in [-0.4, -0.2) is 14.7 Å². The summed E-state index contributed by atoms with van der Waals surface area (Å²) in [4.78, 5) is 21.6. The predicted molar refractivity (Wildman–Crippen MR) is 55.5 cm³/mol. The van der Waals surface area contributed by atoms with Gasteiger partial charge < -0.3 is 20.4 Å². The smallest absolute Gasteiger partial charge is 0.399 e. The van der Waals surface area contributed by atoms with Crippen LogP contribution in [0.1, 0.15) is 0 Å². The summed E-state index contributed by atoms with van der Waals surface area (Å²) in [5.74, 6) is 0. The molecular weight excluding hydrogens is 213 g/mol. The molecule has 5 N–H and O–H groups in total. The monoisotopic (exact) mass is 225 g/mol. The largest absolute Gasteiger partial charge is 0.466 e. The van der Waals surface area contributed by atoms with Crippen LogP contribution in [0.25, 0.3) is 0 Å². The molecule has 13 heavy (non-hydrogen) atoms. The van der Waals surface area contributed by atoms with Gasteiger partial charge in [-0.25, -0.2) is 4.57 Å². The number of nitrogens with two attached hydrogens (primary N) is 1. The van der Waals surface area contributed by atoms with Gasteiger partial charge in [0.2, 0.25) is 0 Å². The minimum absolute atomic E-state index is 0. The topological polar surface area (TPSA) is 104 Å². The Morgan fingerprint density at radius 3 is 1.54 bits per heavy atom. The van der Waals surface area contributed by atoms with Crippen LogP contribution in [0.5, 0.6) is 0 Å². The number of anilines is 1. The molecule has 7 heteroatoms. The van der Waals surface area contributed by atoms with E-state index in [1.54, 1.807) is 0 Å².